The summed E-state index contributed by atoms with van der Waals surface area (Å²) >= 11 is 1.52. The molecule has 0 saturated carbocycles. The molecule has 2 amide bonds. The van der Waals surface area contributed by atoms with Gasteiger partial charge >= 0.3 is 0 Å². The SMILES string of the molecule is CSCC[C@@H](NS(=O)(=O)c1ccc2c(c1)OCCO2)C(=O)NCc1ccc(NC(C)=O)cc1. The van der Waals surface area contributed by atoms with E-state index in [0.717, 1.165) is 5.56 Å². The second-order valence-electron chi connectivity index (χ2n) is 7.36. The molecule has 3 rings (SSSR count). The first-order valence-electron chi connectivity index (χ1n) is 10.3. The zero-order chi connectivity index (χ0) is 23.8. The van der Waals surface area contributed by atoms with Crippen LogP contribution in [0.3, 0.4) is 0 Å². The summed E-state index contributed by atoms with van der Waals surface area (Å²) in [6.07, 6.45) is 2.22. The van der Waals surface area contributed by atoms with E-state index in [-0.39, 0.29) is 17.3 Å². The average molecular weight is 494 g/mol. The fourth-order valence-corrected chi connectivity index (χ4v) is 4.86. The van der Waals surface area contributed by atoms with Gasteiger partial charge in [0, 0.05) is 25.2 Å². The predicted octanol–water partition coefficient (Wildman–Crippen LogP) is 2.13. The van der Waals surface area contributed by atoms with Crippen molar-refractivity contribution >= 4 is 39.3 Å². The molecule has 11 heteroatoms. The van der Waals surface area contributed by atoms with E-state index in [0.29, 0.717) is 42.6 Å². The van der Waals surface area contributed by atoms with Crippen molar-refractivity contribution in [2.75, 3.05) is 30.5 Å². The summed E-state index contributed by atoms with van der Waals surface area (Å²) in [5.74, 6) is 0.861. The van der Waals surface area contributed by atoms with E-state index < -0.39 is 22.0 Å². The highest BCUT2D eigenvalue weighted by molar-refractivity contribution is 7.98. The Labute approximate surface area is 197 Å². The standard InChI is InChI=1S/C22H27N3O6S2/c1-15(26)24-17-5-3-16(4-6-17)14-23-22(27)19(9-12-32-2)25-33(28,29)18-7-8-20-21(13-18)31-11-10-30-20/h3-8,13,19,25H,9-12,14H2,1-2H3,(H,23,27)(H,24,26)/t19-/m1/s1. The molecule has 3 N–H and O–H groups in total. The summed E-state index contributed by atoms with van der Waals surface area (Å²) in [5, 5.41) is 5.46. The molecule has 178 valence electrons. The van der Waals surface area contributed by atoms with Crippen LogP contribution in [-0.4, -0.2) is 51.5 Å². The molecule has 2 aromatic carbocycles. The van der Waals surface area contributed by atoms with E-state index in [1.807, 2.05) is 6.26 Å². The molecule has 0 fully saturated rings. The lowest BCUT2D eigenvalue weighted by Crippen LogP contribution is -2.46. The van der Waals surface area contributed by atoms with Crippen LogP contribution in [-0.2, 0) is 26.2 Å². The van der Waals surface area contributed by atoms with Crippen LogP contribution in [0.2, 0.25) is 0 Å². The van der Waals surface area contributed by atoms with E-state index in [4.69, 9.17) is 9.47 Å². The van der Waals surface area contributed by atoms with Gasteiger partial charge in [0.15, 0.2) is 11.5 Å². The van der Waals surface area contributed by atoms with Gasteiger partial charge < -0.3 is 20.1 Å². The van der Waals surface area contributed by atoms with Gasteiger partial charge in [0.2, 0.25) is 21.8 Å². The van der Waals surface area contributed by atoms with Crippen LogP contribution >= 0.6 is 11.8 Å². The van der Waals surface area contributed by atoms with Gasteiger partial charge in [-0.15, -0.1) is 0 Å². The number of nitrogens with one attached hydrogen (secondary N) is 3. The Morgan fingerprint density at radius 1 is 1.06 bits per heavy atom. The van der Waals surface area contributed by atoms with Crippen molar-refractivity contribution in [3.05, 3.63) is 48.0 Å². The van der Waals surface area contributed by atoms with Crippen LogP contribution in [0.1, 0.15) is 18.9 Å². The van der Waals surface area contributed by atoms with Crippen LogP contribution < -0.4 is 24.8 Å². The number of hydrogen-bond acceptors (Lipinski definition) is 7. The number of amides is 2. The smallest absolute Gasteiger partial charge is 0.241 e. The molecule has 0 aromatic heterocycles. The molecule has 0 aliphatic carbocycles. The van der Waals surface area contributed by atoms with Gasteiger partial charge in [0.1, 0.15) is 19.3 Å². The number of hydrogen-bond donors (Lipinski definition) is 3. The molecule has 9 nitrogen and oxygen atoms in total. The molecule has 1 aliphatic heterocycles. The number of carbonyl (C=O) groups is 2. The van der Waals surface area contributed by atoms with Crippen molar-refractivity contribution in [1.29, 1.82) is 0 Å². The third-order valence-electron chi connectivity index (χ3n) is 4.79. The van der Waals surface area contributed by atoms with Gasteiger partial charge in [-0.1, -0.05) is 12.1 Å². The van der Waals surface area contributed by atoms with Crippen LogP contribution in [0.4, 0.5) is 5.69 Å². The number of anilines is 1. The molecule has 1 atom stereocenters. The third-order valence-corrected chi connectivity index (χ3v) is 6.90. The molecule has 1 heterocycles. The summed E-state index contributed by atoms with van der Waals surface area (Å²) in [7, 11) is -3.96. The van der Waals surface area contributed by atoms with Crippen molar-refractivity contribution in [2.45, 2.75) is 30.8 Å². The lowest BCUT2D eigenvalue weighted by Gasteiger charge is -2.21. The van der Waals surface area contributed by atoms with Gasteiger partial charge in [-0.3, -0.25) is 9.59 Å². The van der Waals surface area contributed by atoms with Crippen molar-refractivity contribution in [2.24, 2.45) is 0 Å². The summed E-state index contributed by atoms with van der Waals surface area (Å²) in [4.78, 5) is 24.0. The molecule has 0 spiro atoms. The predicted molar refractivity (Wildman–Crippen MR) is 127 cm³/mol. The van der Waals surface area contributed by atoms with Crippen molar-refractivity contribution in [3.63, 3.8) is 0 Å². The van der Waals surface area contributed by atoms with E-state index in [2.05, 4.69) is 15.4 Å². The topological polar surface area (TPSA) is 123 Å². The lowest BCUT2D eigenvalue weighted by molar-refractivity contribution is -0.123. The normalized spacial score (nSPS) is 13.8. The Morgan fingerprint density at radius 3 is 2.42 bits per heavy atom. The first-order valence-corrected chi connectivity index (χ1v) is 13.2. The molecule has 1 aliphatic rings. The zero-order valence-corrected chi connectivity index (χ0v) is 20.1. The maximum atomic E-state index is 13.0. The number of carbonyl (C=O) groups excluding carboxylic acids is 2. The van der Waals surface area contributed by atoms with Crippen LogP contribution in [0, 0.1) is 0 Å². The monoisotopic (exact) mass is 493 g/mol. The Balaban J connectivity index is 1.66. The Morgan fingerprint density at radius 2 is 1.76 bits per heavy atom. The first-order chi connectivity index (χ1) is 15.8. The summed E-state index contributed by atoms with van der Waals surface area (Å²) in [5.41, 5.74) is 1.47. The van der Waals surface area contributed by atoms with Gasteiger partial charge in [-0.05, 0) is 48.3 Å². The number of benzene rings is 2. The maximum absolute atomic E-state index is 13.0. The second-order valence-corrected chi connectivity index (χ2v) is 10.1. The average Bonchev–Trinajstić information content (AvgIpc) is 2.80. The van der Waals surface area contributed by atoms with Crippen LogP contribution in [0.25, 0.3) is 0 Å². The highest BCUT2D eigenvalue weighted by Gasteiger charge is 2.27. The molecule has 33 heavy (non-hydrogen) atoms. The quantitative estimate of drug-likeness (QED) is 0.463. The van der Waals surface area contributed by atoms with Crippen molar-refractivity contribution in [3.8, 4) is 11.5 Å². The van der Waals surface area contributed by atoms with Gasteiger partial charge in [-0.2, -0.15) is 16.5 Å². The minimum Gasteiger partial charge on any atom is -0.486 e. The highest BCUT2D eigenvalue weighted by atomic mass is 32.2. The molecular weight excluding hydrogens is 466 g/mol. The van der Waals surface area contributed by atoms with Gasteiger partial charge in [0.25, 0.3) is 0 Å². The third kappa shape index (κ3) is 7.11. The Hall–Kier alpha value is -2.76. The number of fused-ring (bicyclic) bond motifs is 1. The number of thioether (sulfide) groups is 1. The zero-order valence-electron chi connectivity index (χ0n) is 18.4. The van der Waals surface area contributed by atoms with E-state index in [9.17, 15) is 18.0 Å². The van der Waals surface area contributed by atoms with E-state index in [1.54, 1.807) is 30.3 Å². The maximum Gasteiger partial charge on any atom is 0.241 e. The summed E-state index contributed by atoms with van der Waals surface area (Å²) in [6, 6.07) is 10.5. The first kappa shape index (κ1) is 24.9. The van der Waals surface area contributed by atoms with Gasteiger partial charge in [0.05, 0.1) is 4.90 Å². The fraction of sp³-hybridized carbons (Fsp3) is 0.364. The number of ether oxygens (including phenoxy) is 2. The van der Waals surface area contributed by atoms with E-state index in [1.165, 1.54) is 30.8 Å². The minimum atomic E-state index is -3.96. The lowest BCUT2D eigenvalue weighted by atomic mass is 10.2. The molecule has 0 bridgehead atoms. The Kier molecular flexibility index (Phi) is 8.59. The van der Waals surface area contributed by atoms with Gasteiger partial charge in [-0.25, -0.2) is 8.42 Å². The van der Waals surface area contributed by atoms with Crippen molar-refractivity contribution in [1.82, 2.24) is 10.0 Å². The molecule has 0 radical (unpaired) electrons. The summed E-state index contributed by atoms with van der Waals surface area (Å²) in [6.45, 7) is 2.40. The molecule has 0 saturated heterocycles. The molecular formula is C22H27N3O6S2. The van der Waals surface area contributed by atoms with Crippen LogP contribution in [0.15, 0.2) is 47.4 Å². The van der Waals surface area contributed by atoms with Crippen molar-refractivity contribution < 1.29 is 27.5 Å². The molecule has 0 unspecified atom stereocenters. The second kappa shape index (κ2) is 11.4. The van der Waals surface area contributed by atoms with Crippen LogP contribution in [0.5, 0.6) is 11.5 Å². The molecule has 2 aromatic rings. The Bertz CT molecular complexity index is 1090. The number of rotatable bonds is 10. The minimum absolute atomic E-state index is 0.00209. The van der Waals surface area contributed by atoms with E-state index >= 15 is 0 Å². The fourth-order valence-electron chi connectivity index (χ4n) is 3.15. The largest absolute Gasteiger partial charge is 0.486 e. The highest BCUT2D eigenvalue weighted by Crippen LogP contribution is 2.32. The summed E-state index contributed by atoms with van der Waals surface area (Å²) < 4.78 is 39.4. The number of sulfonamides is 1.